The second-order valence-electron chi connectivity index (χ2n) is 8.13. The molecule has 5 rings (SSSR count). The molecule has 0 aromatic heterocycles. The number of benzene rings is 2. The molecule has 29 heavy (non-hydrogen) atoms. The Hall–Kier alpha value is -3.15. The molecule has 3 atom stereocenters. The van der Waals surface area contributed by atoms with E-state index in [9.17, 15) is 14.9 Å². The third kappa shape index (κ3) is 3.09. The van der Waals surface area contributed by atoms with Gasteiger partial charge in [0.1, 0.15) is 0 Å². The summed E-state index contributed by atoms with van der Waals surface area (Å²) < 4.78 is 0. The maximum absolute atomic E-state index is 12.8. The average molecular weight is 389 g/mol. The summed E-state index contributed by atoms with van der Waals surface area (Å²) >= 11 is 0. The van der Waals surface area contributed by atoms with Crippen molar-refractivity contribution >= 4 is 17.3 Å². The van der Waals surface area contributed by atoms with Crippen LogP contribution in [0.15, 0.2) is 54.6 Å². The number of carbonyl (C=O) groups excluding carboxylic acids is 1. The molecule has 0 radical (unpaired) electrons. The van der Waals surface area contributed by atoms with Gasteiger partial charge in [0, 0.05) is 42.4 Å². The predicted molar refractivity (Wildman–Crippen MR) is 111 cm³/mol. The van der Waals surface area contributed by atoms with Crippen LogP contribution in [-0.4, -0.2) is 28.8 Å². The highest BCUT2D eigenvalue weighted by molar-refractivity contribution is 5.95. The third-order valence-electron chi connectivity index (χ3n) is 6.47. The number of hydrogen-bond donors (Lipinski definition) is 1. The maximum atomic E-state index is 12.8. The number of amides is 1. The van der Waals surface area contributed by atoms with Gasteiger partial charge in [-0.1, -0.05) is 24.3 Å². The highest BCUT2D eigenvalue weighted by Crippen LogP contribution is 2.50. The van der Waals surface area contributed by atoms with E-state index in [1.165, 1.54) is 5.56 Å². The molecule has 0 spiro atoms. The number of nitro groups is 1. The van der Waals surface area contributed by atoms with Crippen molar-refractivity contribution in [2.24, 2.45) is 5.92 Å². The van der Waals surface area contributed by atoms with Gasteiger partial charge in [-0.25, -0.2) is 0 Å². The zero-order chi connectivity index (χ0) is 20.0. The molecule has 1 aliphatic carbocycles. The number of anilines is 1. The summed E-state index contributed by atoms with van der Waals surface area (Å²) in [5, 5.41) is 14.6. The van der Waals surface area contributed by atoms with Gasteiger partial charge in [0.25, 0.3) is 11.6 Å². The number of nitrogens with zero attached hydrogens (tertiary/aromatic N) is 2. The van der Waals surface area contributed by atoms with Crippen LogP contribution in [-0.2, 0) is 0 Å². The van der Waals surface area contributed by atoms with Crippen molar-refractivity contribution in [1.29, 1.82) is 0 Å². The summed E-state index contributed by atoms with van der Waals surface area (Å²) in [4.78, 5) is 25.4. The molecule has 2 aliphatic heterocycles. The van der Waals surface area contributed by atoms with Crippen LogP contribution in [0, 0.1) is 16.0 Å². The molecule has 1 fully saturated rings. The fraction of sp³-hybridized carbons (Fsp3) is 0.348. The van der Waals surface area contributed by atoms with Gasteiger partial charge in [0.2, 0.25) is 0 Å². The first-order valence-corrected chi connectivity index (χ1v) is 10.2. The first-order chi connectivity index (χ1) is 14.1. The van der Waals surface area contributed by atoms with Crippen molar-refractivity contribution in [2.75, 3.05) is 18.4 Å². The number of carbonyl (C=O) groups is 1. The second-order valence-corrected chi connectivity index (χ2v) is 8.13. The summed E-state index contributed by atoms with van der Waals surface area (Å²) in [7, 11) is 0. The fourth-order valence-corrected chi connectivity index (χ4v) is 4.96. The van der Waals surface area contributed by atoms with Crippen molar-refractivity contribution in [3.8, 4) is 0 Å². The molecule has 2 aromatic rings. The predicted octanol–water partition coefficient (Wildman–Crippen LogP) is 4.66. The minimum Gasteiger partial charge on any atom is -0.378 e. The van der Waals surface area contributed by atoms with Gasteiger partial charge >= 0.3 is 0 Å². The van der Waals surface area contributed by atoms with Gasteiger partial charge in [0.05, 0.1) is 11.0 Å². The summed E-state index contributed by atoms with van der Waals surface area (Å²) in [6.45, 7) is 1.70. The third-order valence-corrected chi connectivity index (χ3v) is 6.47. The van der Waals surface area contributed by atoms with Crippen molar-refractivity contribution in [3.05, 3.63) is 81.4 Å². The van der Waals surface area contributed by atoms with E-state index in [1.807, 2.05) is 29.2 Å². The molecule has 3 aliphatic rings. The number of fused-ring (bicyclic) bond motifs is 3. The normalized spacial score (nSPS) is 24.7. The van der Waals surface area contributed by atoms with Crippen LogP contribution in [0.4, 0.5) is 11.4 Å². The van der Waals surface area contributed by atoms with Crippen LogP contribution in [0.3, 0.4) is 0 Å². The van der Waals surface area contributed by atoms with Crippen LogP contribution in [0.5, 0.6) is 0 Å². The lowest BCUT2D eigenvalue weighted by Gasteiger charge is -2.37. The smallest absolute Gasteiger partial charge is 0.269 e. The Bertz CT molecular complexity index is 993. The van der Waals surface area contributed by atoms with Gasteiger partial charge in [-0.2, -0.15) is 0 Å². The summed E-state index contributed by atoms with van der Waals surface area (Å²) in [5.41, 5.74) is 4.14. The highest BCUT2D eigenvalue weighted by atomic mass is 16.6. The topological polar surface area (TPSA) is 75.5 Å². The number of allylic oxidation sites excluding steroid dienone is 2. The van der Waals surface area contributed by atoms with Crippen molar-refractivity contribution in [2.45, 2.75) is 31.2 Å². The lowest BCUT2D eigenvalue weighted by atomic mass is 9.76. The van der Waals surface area contributed by atoms with Gasteiger partial charge in [0.15, 0.2) is 0 Å². The number of nitrogens with one attached hydrogen (secondary N) is 1. The molecular formula is C23H23N3O3. The Morgan fingerprint density at radius 1 is 1.10 bits per heavy atom. The lowest BCUT2D eigenvalue weighted by Crippen LogP contribution is -2.30. The van der Waals surface area contributed by atoms with E-state index in [4.69, 9.17) is 0 Å². The zero-order valence-electron chi connectivity index (χ0n) is 16.1. The fourth-order valence-electron chi connectivity index (χ4n) is 4.96. The molecule has 6 nitrogen and oxygen atoms in total. The maximum Gasteiger partial charge on any atom is 0.269 e. The standard InChI is InChI=1S/C23H23N3O3/c27-23(25-12-1-2-13-25)16-8-11-21-20(14-16)18-4-3-5-19(18)22(24-21)15-6-9-17(10-7-15)26(28)29/h3-4,6-11,14,18-19,22,24H,1-2,5,12-13H2/t18-,19-,22-/m1/s1. The Balaban J connectivity index is 1.46. The molecule has 0 bridgehead atoms. The van der Waals surface area contributed by atoms with E-state index in [0.717, 1.165) is 49.2 Å². The molecule has 1 N–H and O–H groups in total. The van der Waals surface area contributed by atoms with E-state index >= 15 is 0 Å². The number of non-ortho nitro benzene ring substituents is 1. The SMILES string of the molecule is O=C(c1ccc2c(c1)[C@@H]1C=CC[C@H]1[C@@H](c1ccc([N+](=O)[O-])cc1)N2)N1CCCC1. The molecule has 1 amide bonds. The van der Waals surface area contributed by atoms with E-state index in [2.05, 4.69) is 23.5 Å². The van der Waals surface area contributed by atoms with Crippen LogP contribution in [0.25, 0.3) is 0 Å². The van der Waals surface area contributed by atoms with Gasteiger partial charge in [-0.15, -0.1) is 0 Å². The van der Waals surface area contributed by atoms with Crippen molar-refractivity contribution in [3.63, 3.8) is 0 Å². The molecule has 1 saturated heterocycles. The molecule has 2 aromatic carbocycles. The number of nitro benzene ring substituents is 1. The Morgan fingerprint density at radius 2 is 1.86 bits per heavy atom. The second kappa shape index (κ2) is 7.03. The zero-order valence-corrected chi connectivity index (χ0v) is 16.1. The lowest BCUT2D eigenvalue weighted by molar-refractivity contribution is -0.384. The van der Waals surface area contributed by atoms with Crippen molar-refractivity contribution < 1.29 is 9.72 Å². The van der Waals surface area contributed by atoms with Crippen LogP contribution in [0.1, 0.15) is 52.7 Å². The summed E-state index contributed by atoms with van der Waals surface area (Å²) in [6.07, 6.45) is 7.57. The van der Waals surface area contributed by atoms with Gasteiger partial charge < -0.3 is 10.2 Å². The number of likely N-dealkylation sites (tertiary alicyclic amines) is 1. The van der Waals surface area contributed by atoms with E-state index in [0.29, 0.717) is 5.92 Å². The first kappa shape index (κ1) is 17.9. The minimum absolute atomic E-state index is 0.0865. The number of rotatable bonds is 3. The van der Waals surface area contributed by atoms with Crippen LogP contribution < -0.4 is 5.32 Å². The molecule has 6 heteroatoms. The average Bonchev–Trinajstić information content (AvgIpc) is 3.44. The molecule has 148 valence electrons. The quantitative estimate of drug-likeness (QED) is 0.471. The van der Waals surface area contributed by atoms with Crippen LogP contribution >= 0.6 is 0 Å². The minimum atomic E-state index is -0.369. The Kier molecular flexibility index (Phi) is 4.34. The highest BCUT2D eigenvalue weighted by Gasteiger charge is 2.38. The molecule has 0 unspecified atom stereocenters. The molecule has 0 saturated carbocycles. The molecule has 2 heterocycles. The van der Waals surface area contributed by atoms with E-state index < -0.39 is 0 Å². The van der Waals surface area contributed by atoms with Crippen molar-refractivity contribution in [1.82, 2.24) is 4.90 Å². The monoisotopic (exact) mass is 389 g/mol. The number of hydrogen-bond acceptors (Lipinski definition) is 4. The first-order valence-electron chi connectivity index (χ1n) is 10.2. The summed E-state index contributed by atoms with van der Waals surface area (Å²) in [6, 6.07) is 12.9. The summed E-state index contributed by atoms with van der Waals surface area (Å²) in [5.74, 6) is 0.709. The molecular weight excluding hydrogens is 366 g/mol. The Labute approximate surface area is 169 Å². The van der Waals surface area contributed by atoms with E-state index in [1.54, 1.807) is 12.1 Å². The van der Waals surface area contributed by atoms with Crippen LogP contribution in [0.2, 0.25) is 0 Å². The van der Waals surface area contributed by atoms with Gasteiger partial charge in [-0.05, 0) is 54.5 Å². The largest absolute Gasteiger partial charge is 0.378 e. The van der Waals surface area contributed by atoms with Gasteiger partial charge in [-0.3, -0.25) is 14.9 Å². The van der Waals surface area contributed by atoms with E-state index in [-0.39, 0.29) is 28.5 Å². The Morgan fingerprint density at radius 3 is 2.59 bits per heavy atom.